The maximum atomic E-state index is 2.45. The Kier molecular flexibility index (Phi) is 2.90. The van der Waals surface area contributed by atoms with E-state index in [0.717, 1.165) is 11.6 Å². The molecule has 0 spiro atoms. The highest BCUT2D eigenvalue weighted by Crippen LogP contribution is 2.71. The Morgan fingerprint density at radius 3 is 2.30 bits per heavy atom. The molecule has 0 aromatic heterocycles. The summed E-state index contributed by atoms with van der Waals surface area (Å²) in [5.74, 6) is 3.28. The summed E-state index contributed by atoms with van der Waals surface area (Å²) < 4.78 is 0. The van der Waals surface area contributed by atoms with Crippen molar-refractivity contribution >= 4 is 15.2 Å². The van der Waals surface area contributed by atoms with Gasteiger partial charge in [0.05, 0.1) is 0 Å². The lowest BCUT2D eigenvalue weighted by molar-refractivity contribution is 0.710. The van der Waals surface area contributed by atoms with Crippen LogP contribution in [0, 0.1) is 5.92 Å². The number of rotatable bonds is 0. The molecule has 1 aliphatic heterocycles. The minimum Gasteiger partial charge on any atom is -0.0803 e. The Bertz CT molecular complexity index is 126. The lowest BCUT2D eigenvalue weighted by atomic mass is 10.1. The van der Waals surface area contributed by atoms with E-state index < -0.39 is 0 Å². The molecule has 1 rings (SSSR count). The molecule has 1 aliphatic rings. The van der Waals surface area contributed by atoms with Crippen molar-refractivity contribution in [2.45, 2.75) is 19.5 Å². The second kappa shape index (κ2) is 3.33. The van der Waals surface area contributed by atoms with Gasteiger partial charge >= 0.3 is 0 Å². The van der Waals surface area contributed by atoms with Crippen LogP contribution in [0.4, 0.5) is 0 Å². The third kappa shape index (κ3) is 1.60. The monoisotopic (exact) mass is 174 g/mol. The Hall–Kier alpha value is 0.600. The van der Waals surface area contributed by atoms with Crippen molar-refractivity contribution in [3.05, 3.63) is 11.9 Å². The number of hydrogen-bond acceptors (Lipinski definition) is 0. The van der Waals surface area contributed by atoms with Crippen LogP contribution >= 0.6 is 15.2 Å². The molecule has 10 heavy (non-hydrogen) atoms. The molecule has 2 heteroatoms. The van der Waals surface area contributed by atoms with Crippen molar-refractivity contribution in [2.24, 2.45) is 5.92 Å². The first-order valence-electron chi connectivity index (χ1n) is 3.77. The summed E-state index contributed by atoms with van der Waals surface area (Å²) in [4.78, 5) is 0. The fourth-order valence-electron chi connectivity index (χ4n) is 1.15. The molecule has 4 unspecified atom stereocenters. The molecule has 58 valence electrons. The Morgan fingerprint density at radius 1 is 1.20 bits per heavy atom. The second-order valence-electron chi connectivity index (χ2n) is 3.09. The van der Waals surface area contributed by atoms with Crippen molar-refractivity contribution in [3.63, 3.8) is 0 Å². The van der Waals surface area contributed by atoms with Crippen LogP contribution in [0.25, 0.3) is 0 Å². The molecule has 0 bridgehead atoms. The van der Waals surface area contributed by atoms with Gasteiger partial charge in [0.25, 0.3) is 0 Å². The zero-order valence-electron chi connectivity index (χ0n) is 7.20. The molecule has 0 saturated carbocycles. The molecule has 0 radical (unpaired) electrons. The summed E-state index contributed by atoms with van der Waals surface area (Å²) in [6.45, 7) is 9.59. The summed E-state index contributed by atoms with van der Waals surface area (Å²) in [7, 11) is 0.590. The second-order valence-corrected chi connectivity index (χ2v) is 10.3. The van der Waals surface area contributed by atoms with Crippen LogP contribution in [-0.4, -0.2) is 19.0 Å². The van der Waals surface area contributed by atoms with Gasteiger partial charge in [-0.2, -0.15) is 0 Å². The predicted octanol–water partition coefficient (Wildman–Crippen LogP) is 3.68. The molecule has 0 aromatic rings. The van der Waals surface area contributed by atoms with Gasteiger partial charge in [-0.05, 0) is 24.9 Å². The van der Waals surface area contributed by atoms with Gasteiger partial charge in [-0.25, -0.2) is 0 Å². The van der Waals surface area contributed by atoms with Crippen LogP contribution in [-0.2, 0) is 0 Å². The van der Waals surface area contributed by atoms with Gasteiger partial charge in [-0.3, -0.25) is 0 Å². The molecule has 0 fully saturated rings. The van der Waals surface area contributed by atoms with Crippen LogP contribution in [0.2, 0.25) is 0 Å². The third-order valence-corrected chi connectivity index (χ3v) is 10.2. The molecule has 0 aliphatic carbocycles. The fraction of sp³-hybridized carbons (Fsp3) is 0.750. The molecule has 1 heterocycles. The Labute approximate surface area is 66.5 Å². The number of hydrogen-bond donors (Lipinski definition) is 0. The van der Waals surface area contributed by atoms with Crippen LogP contribution in [0.15, 0.2) is 11.9 Å². The molecule has 0 nitrogen and oxygen atoms in total. The van der Waals surface area contributed by atoms with E-state index in [-0.39, 0.29) is 7.61 Å². The average molecular weight is 174 g/mol. The minimum atomic E-state index is 0.265. The van der Waals surface area contributed by atoms with E-state index in [1.54, 1.807) is 0 Å². The van der Waals surface area contributed by atoms with Gasteiger partial charge in [0.2, 0.25) is 0 Å². The maximum absolute atomic E-state index is 2.45. The topological polar surface area (TPSA) is 0 Å². The summed E-state index contributed by atoms with van der Waals surface area (Å²) >= 11 is 0. The molecule has 0 saturated heterocycles. The summed E-state index contributed by atoms with van der Waals surface area (Å²) in [5, 5.41) is 0. The van der Waals surface area contributed by atoms with Crippen molar-refractivity contribution < 1.29 is 0 Å². The normalized spacial score (nSPS) is 47.6. The molecule has 0 N–H and O–H groups in total. The minimum absolute atomic E-state index is 0.265. The van der Waals surface area contributed by atoms with Gasteiger partial charge in [-0.15, -0.1) is 0 Å². The quantitative estimate of drug-likeness (QED) is 0.491. The molecular weight excluding hydrogens is 158 g/mol. The van der Waals surface area contributed by atoms with Gasteiger partial charge in [0.15, 0.2) is 0 Å². The van der Waals surface area contributed by atoms with Crippen LogP contribution in [0.1, 0.15) is 13.8 Å². The van der Waals surface area contributed by atoms with Gasteiger partial charge in [0, 0.05) is 0 Å². The molecule has 0 aromatic carbocycles. The standard InChI is InChI=1S/C8H16P2/c1-7-5-6-9(3)10(4)8(7)2/h5-8H,1-4H3. The smallest absolute Gasteiger partial charge is 0.0138 e. The lowest BCUT2D eigenvalue weighted by Gasteiger charge is -2.32. The molecular formula is C8H16P2. The summed E-state index contributed by atoms with van der Waals surface area (Å²) in [6.07, 6.45) is 2.40. The molecule has 0 amide bonds. The predicted molar refractivity (Wildman–Crippen MR) is 53.5 cm³/mol. The first-order chi connectivity index (χ1) is 4.63. The van der Waals surface area contributed by atoms with Crippen molar-refractivity contribution in [2.75, 3.05) is 13.3 Å². The Balaban J connectivity index is 2.69. The van der Waals surface area contributed by atoms with E-state index in [9.17, 15) is 0 Å². The fourth-order valence-corrected chi connectivity index (χ4v) is 6.46. The first-order valence-corrected chi connectivity index (χ1v) is 8.19. The van der Waals surface area contributed by atoms with E-state index in [2.05, 4.69) is 39.1 Å². The third-order valence-electron chi connectivity index (χ3n) is 2.45. The maximum Gasteiger partial charge on any atom is -0.0138 e. The highest BCUT2D eigenvalue weighted by Gasteiger charge is 2.23. The van der Waals surface area contributed by atoms with Gasteiger partial charge < -0.3 is 0 Å². The van der Waals surface area contributed by atoms with E-state index >= 15 is 0 Å². The summed E-state index contributed by atoms with van der Waals surface area (Å²) in [5.41, 5.74) is 0.955. The Morgan fingerprint density at radius 2 is 1.80 bits per heavy atom. The first kappa shape index (κ1) is 8.69. The molecule has 4 atom stereocenters. The van der Waals surface area contributed by atoms with Crippen molar-refractivity contribution in [1.82, 2.24) is 0 Å². The van der Waals surface area contributed by atoms with E-state index in [4.69, 9.17) is 0 Å². The van der Waals surface area contributed by atoms with E-state index in [1.165, 1.54) is 0 Å². The van der Waals surface area contributed by atoms with Crippen LogP contribution < -0.4 is 0 Å². The van der Waals surface area contributed by atoms with Gasteiger partial charge in [-0.1, -0.05) is 41.0 Å². The van der Waals surface area contributed by atoms with Crippen molar-refractivity contribution in [3.8, 4) is 0 Å². The SMILES string of the molecule is CC1C=CP(C)P(C)C1C. The summed E-state index contributed by atoms with van der Waals surface area (Å²) in [6, 6.07) is 0. The lowest BCUT2D eigenvalue weighted by Crippen LogP contribution is -2.10. The zero-order valence-corrected chi connectivity index (χ0v) is 8.99. The largest absolute Gasteiger partial charge is 0.0803 e. The highest BCUT2D eigenvalue weighted by atomic mass is 32.1. The zero-order chi connectivity index (χ0) is 7.72. The van der Waals surface area contributed by atoms with E-state index in [0.29, 0.717) is 7.61 Å². The number of allylic oxidation sites excluding steroid dienone is 1. The van der Waals surface area contributed by atoms with Crippen LogP contribution in [0.3, 0.4) is 0 Å². The highest BCUT2D eigenvalue weighted by molar-refractivity contribution is 8.31. The van der Waals surface area contributed by atoms with Crippen molar-refractivity contribution in [1.29, 1.82) is 0 Å². The van der Waals surface area contributed by atoms with Crippen LogP contribution in [0.5, 0.6) is 0 Å². The van der Waals surface area contributed by atoms with Gasteiger partial charge in [0.1, 0.15) is 0 Å². The average Bonchev–Trinajstić information content (AvgIpc) is 1.93. The van der Waals surface area contributed by atoms with E-state index in [1.807, 2.05) is 0 Å².